The zero-order valence-corrected chi connectivity index (χ0v) is 12.6. The van der Waals surface area contributed by atoms with Crippen molar-refractivity contribution in [3.05, 3.63) is 35.1 Å². The number of ether oxygens (including phenoxy) is 1. The number of nitrogens with zero attached hydrogens (tertiary/aromatic N) is 2. The van der Waals surface area contributed by atoms with Gasteiger partial charge in [-0.3, -0.25) is 9.48 Å². The summed E-state index contributed by atoms with van der Waals surface area (Å²) in [6.07, 6.45) is 1.85. The molecule has 7 heteroatoms. The van der Waals surface area contributed by atoms with Crippen molar-refractivity contribution in [1.29, 1.82) is 0 Å². The number of rotatable bonds is 5. The molecule has 0 radical (unpaired) electrons. The minimum absolute atomic E-state index is 0.141. The van der Waals surface area contributed by atoms with Gasteiger partial charge in [0.15, 0.2) is 0 Å². The normalized spacial score (nSPS) is 10.4. The number of carbonyl (C=O) groups excluding carboxylic acids is 1. The molecule has 0 spiro atoms. The molecule has 0 unspecified atom stereocenters. The molecule has 1 heterocycles. The minimum atomic E-state index is -0.141. The number of nitrogen functional groups attached to an aromatic ring is 1. The summed E-state index contributed by atoms with van der Waals surface area (Å²) in [5, 5.41) is 7.45. The highest BCUT2D eigenvalue weighted by Gasteiger charge is 2.09. The Morgan fingerprint density at radius 2 is 2.29 bits per heavy atom. The highest BCUT2D eigenvalue weighted by atomic mass is 35.5. The van der Waals surface area contributed by atoms with Gasteiger partial charge in [-0.05, 0) is 19.1 Å². The van der Waals surface area contributed by atoms with Crippen molar-refractivity contribution in [1.82, 2.24) is 9.78 Å². The van der Waals surface area contributed by atoms with Crippen molar-refractivity contribution >= 4 is 28.9 Å². The van der Waals surface area contributed by atoms with E-state index in [1.165, 1.54) is 0 Å². The number of benzene rings is 1. The topological polar surface area (TPSA) is 82.2 Å². The second-order valence-corrected chi connectivity index (χ2v) is 4.96. The second kappa shape index (κ2) is 6.49. The summed E-state index contributed by atoms with van der Waals surface area (Å²) in [5.41, 5.74) is 7.72. The molecular formula is C14H17ClN4O2. The van der Waals surface area contributed by atoms with E-state index in [0.717, 1.165) is 5.69 Å². The molecule has 112 valence electrons. The maximum Gasteiger partial charge on any atom is 0.226 e. The van der Waals surface area contributed by atoms with Gasteiger partial charge in [-0.15, -0.1) is 0 Å². The molecule has 0 aliphatic rings. The van der Waals surface area contributed by atoms with Gasteiger partial charge >= 0.3 is 0 Å². The minimum Gasteiger partial charge on any atom is -0.497 e. The van der Waals surface area contributed by atoms with Crippen molar-refractivity contribution in [2.24, 2.45) is 0 Å². The van der Waals surface area contributed by atoms with Crippen molar-refractivity contribution in [3.63, 3.8) is 0 Å². The van der Waals surface area contributed by atoms with E-state index in [2.05, 4.69) is 10.4 Å². The predicted molar refractivity (Wildman–Crippen MR) is 82.6 cm³/mol. The fourth-order valence-corrected chi connectivity index (χ4v) is 1.99. The van der Waals surface area contributed by atoms with Crippen LogP contribution in [-0.2, 0) is 11.3 Å². The summed E-state index contributed by atoms with van der Waals surface area (Å²) in [5.74, 6) is 0.505. The summed E-state index contributed by atoms with van der Waals surface area (Å²) < 4.78 is 6.75. The fourth-order valence-electron chi connectivity index (χ4n) is 1.85. The van der Waals surface area contributed by atoms with Crippen LogP contribution in [0.4, 0.5) is 11.4 Å². The Morgan fingerprint density at radius 1 is 1.52 bits per heavy atom. The van der Waals surface area contributed by atoms with Crippen molar-refractivity contribution in [3.8, 4) is 5.75 Å². The Hall–Kier alpha value is -2.21. The van der Waals surface area contributed by atoms with Crippen molar-refractivity contribution in [2.75, 3.05) is 18.2 Å². The first kappa shape index (κ1) is 15.2. The molecular weight excluding hydrogens is 292 g/mol. The lowest BCUT2D eigenvalue weighted by Crippen LogP contribution is -2.16. The van der Waals surface area contributed by atoms with Crippen LogP contribution in [0.3, 0.4) is 0 Å². The molecule has 0 atom stereocenters. The first-order chi connectivity index (χ1) is 10.0. The van der Waals surface area contributed by atoms with Crippen LogP contribution in [-0.4, -0.2) is 22.8 Å². The van der Waals surface area contributed by atoms with Crippen LogP contribution in [0.15, 0.2) is 24.4 Å². The number of hydrogen-bond acceptors (Lipinski definition) is 4. The number of amides is 1. The van der Waals surface area contributed by atoms with E-state index < -0.39 is 0 Å². The number of nitrogens with two attached hydrogens (primary N) is 1. The van der Waals surface area contributed by atoms with Crippen LogP contribution in [0.5, 0.6) is 5.75 Å². The van der Waals surface area contributed by atoms with Gasteiger partial charge < -0.3 is 15.8 Å². The van der Waals surface area contributed by atoms with Gasteiger partial charge in [-0.2, -0.15) is 5.10 Å². The molecule has 0 fully saturated rings. The third kappa shape index (κ3) is 3.66. The van der Waals surface area contributed by atoms with E-state index in [-0.39, 0.29) is 12.3 Å². The molecule has 21 heavy (non-hydrogen) atoms. The lowest BCUT2D eigenvalue weighted by molar-refractivity contribution is -0.116. The van der Waals surface area contributed by atoms with Crippen LogP contribution >= 0.6 is 11.6 Å². The zero-order chi connectivity index (χ0) is 15.4. The summed E-state index contributed by atoms with van der Waals surface area (Å²) in [4.78, 5) is 11.9. The number of anilines is 2. The standard InChI is InChI=1S/C14H17ClN4O2/c1-9-11(15)8-17-19(9)6-5-14(20)18-13-4-3-10(21-2)7-12(13)16/h3-4,7-8H,5-6,16H2,1-2H3,(H,18,20). The molecule has 1 aromatic heterocycles. The average molecular weight is 309 g/mol. The van der Waals surface area contributed by atoms with E-state index in [1.54, 1.807) is 36.2 Å². The quantitative estimate of drug-likeness (QED) is 0.831. The van der Waals surface area contributed by atoms with Gasteiger partial charge in [0.05, 0.1) is 41.9 Å². The van der Waals surface area contributed by atoms with Gasteiger partial charge in [0.1, 0.15) is 5.75 Å². The Morgan fingerprint density at radius 3 is 2.86 bits per heavy atom. The Bertz CT molecular complexity index is 654. The third-order valence-electron chi connectivity index (χ3n) is 3.13. The smallest absolute Gasteiger partial charge is 0.226 e. The van der Waals surface area contributed by atoms with Gasteiger partial charge in [-0.25, -0.2) is 0 Å². The van der Waals surface area contributed by atoms with E-state index in [1.807, 2.05) is 6.92 Å². The zero-order valence-electron chi connectivity index (χ0n) is 11.9. The van der Waals surface area contributed by atoms with Crippen LogP contribution < -0.4 is 15.8 Å². The van der Waals surface area contributed by atoms with E-state index in [9.17, 15) is 4.79 Å². The van der Waals surface area contributed by atoms with Crippen LogP contribution in [0.2, 0.25) is 5.02 Å². The molecule has 0 bridgehead atoms. The molecule has 0 saturated heterocycles. The summed E-state index contributed by atoms with van der Waals surface area (Å²) in [6, 6.07) is 5.11. The monoisotopic (exact) mass is 308 g/mol. The highest BCUT2D eigenvalue weighted by Crippen LogP contribution is 2.24. The number of aromatic nitrogens is 2. The van der Waals surface area contributed by atoms with Crippen LogP contribution in [0.1, 0.15) is 12.1 Å². The molecule has 0 aliphatic heterocycles. The second-order valence-electron chi connectivity index (χ2n) is 4.55. The highest BCUT2D eigenvalue weighted by molar-refractivity contribution is 6.31. The lowest BCUT2D eigenvalue weighted by atomic mass is 10.2. The number of methoxy groups -OCH3 is 1. The molecule has 6 nitrogen and oxygen atoms in total. The summed E-state index contributed by atoms with van der Waals surface area (Å²) in [7, 11) is 1.56. The van der Waals surface area contributed by atoms with Gasteiger partial charge in [0.2, 0.25) is 5.91 Å². The SMILES string of the molecule is COc1ccc(NC(=O)CCn2ncc(Cl)c2C)c(N)c1. The molecule has 3 N–H and O–H groups in total. The first-order valence-corrected chi connectivity index (χ1v) is 6.80. The van der Waals surface area contributed by atoms with Crippen LogP contribution in [0.25, 0.3) is 0 Å². The third-order valence-corrected chi connectivity index (χ3v) is 3.50. The Balaban J connectivity index is 1.94. The van der Waals surface area contributed by atoms with E-state index in [0.29, 0.717) is 28.7 Å². The summed E-state index contributed by atoms with van der Waals surface area (Å²) >= 11 is 5.91. The molecule has 0 saturated carbocycles. The first-order valence-electron chi connectivity index (χ1n) is 6.42. The molecule has 1 amide bonds. The number of carbonyl (C=O) groups is 1. The van der Waals surface area contributed by atoms with Gasteiger partial charge in [0.25, 0.3) is 0 Å². The number of nitrogens with one attached hydrogen (secondary N) is 1. The number of aryl methyl sites for hydroxylation is 1. The summed E-state index contributed by atoms with van der Waals surface area (Å²) in [6.45, 7) is 2.31. The maximum absolute atomic E-state index is 11.9. The predicted octanol–water partition coefficient (Wildman–Crippen LogP) is 2.46. The Labute approximate surface area is 127 Å². The molecule has 2 rings (SSSR count). The molecule has 2 aromatic rings. The lowest BCUT2D eigenvalue weighted by Gasteiger charge is -2.10. The number of hydrogen-bond donors (Lipinski definition) is 2. The van der Waals surface area contributed by atoms with Gasteiger partial charge in [0, 0.05) is 12.5 Å². The van der Waals surface area contributed by atoms with E-state index in [4.69, 9.17) is 22.1 Å². The molecule has 0 aliphatic carbocycles. The Kier molecular flexibility index (Phi) is 4.70. The molecule has 1 aromatic carbocycles. The van der Waals surface area contributed by atoms with Crippen LogP contribution in [0, 0.1) is 6.92 Å². The van der Waals surface area contributed by atoms with E-state index >= 15 is 0 Å². The average Bonchev–Trinajstić information content (AvgIpc) is 2.79. The largest absolute Gasteiger partial charge is 0.497 e. The fraction of sp³-hybridized carbons (Fsp3) is 0.286. The van der Waals surface area contributed by atoms with Crippen molar-refractivity contribution in [2.45, 2.75) is 19.9 Å². The number of halogens is 1. The van der Waals surface area contributed by atoms with Crippen molar-refractivity contribution < 1.29 is 9.53 Å². The maximum atomic E-state index is 11.9. The van der Waals surface area contributed by atoms with Gasteiger partial charge in [-0.1, -0.05) is 11.6 Å².